The number of rotatable bonds is 5. The number of nitrogens with zero attached hydrogens (tertiary/aromatic N) is 3. The molecule has 8 nitrogen and oxygen atoms in total. The molecule has 1 N–H and O–H groups in total. The number of alkyl halides is 3. The molecule has 0 bridgehead atoms. The largest absolute Gasteiger partial charge is 0.485 e. The summed E-state index contributed by atoms with van der Waals surface area (Å²) in [6, 6.07) is 7.83. The number of benzene rings is 1. The first-order valence-electron chi connectivity index (χ1n) is 8.67. The third-order valence-corrected chi connectivity index (χ3v) is 5.07. The molecule has 0 saturated heterocycles. The van der Waals surface area contributed by atoms with Crippen LogP contribution in [0.2, 0.25) is 5.02 Å². The summed E-state index contributed by atoms with van der Waals surface area (Å²) in [4.78, 5) is 15.6. The third-order valence-electron chi connectivity index (χ3n) is 3.96. The minimum absolute atomic E-state index is 0.110. The summed E-state index contributed by atoms with van der Waals surface area (Å²) in [6.07, 6.45) is -4.59. The van der Waals surface area contributed by atoms with Gasteiger partial charge in [-0.15, -0.1) is 10.2 Å². The van der Waals surface area contributed by atoms with E-state index in [4.69, 9.17) is 25.5 Å². The Morgan fingerprint density at radius 2 is 2.03 bits per heavy atom. The van der Waals surface area contributed by atoms with Crippen molar-refractivity contribution in [2.75, 3.05) is 17.7 Å². The standard InChI is InChI=1S/C18H12ClF3N4O4S/c19-10-5-9(18(20,21)22)6-23-15(10)24-14(27)8-31-17-26-25-16(30-17)13-7-28-11-3-1-2-4-12(11)29-13/h1-6,13H,7-8H2,(H,23,24,27)/t13-/m1/s1. The number of halogens is 4. The number of pyridine rings is 1. The van der Waals surface area contributed by atoms with Gasteiger partial charge in [0.2, 0.25) is 12.0 Å². The Morgan fingerprint density at radius 3 is 2.77 bits per heavy atom. The Labute approximate surface area is 182 Å². The second kappa shape index (κ2) is 8.63. The lowest BCUT2D eigenvalue weighted by atomic mass is 10.2. The van der Waals surface area contributed by atoms with Crippen LogP contribution in [0.15, 0.2) is 46.2 Å². The van der Waals surface area contributed by atoms with Gasteiger partial charge in [-0.1, -0.05) is 35.5 Å². The van der Waals surface area contributed by atoms with Crippen LogP contribution >= 0.6 is 23.4 Å². The minimum atomic E-state index is -4.58. The van der Waals surface area contributed by atoms with Crippen molar-refractivity contribution in [2.45, 2.75) is 17.5 Å². The molecule has 4 rings (SSSR count). The van der Waals surface area contributed by atoms with Gasteiger partial charge < -0.3 is 19.2 Å². The number of nitrogens with one attached hydrogen (secondary N) is 1. The van der Waals surface area contributed by atoms with E-state index < -0.39 is 23.8 Å². The summed E-state index contributed by atoms with van der Waals surface area (Å²) >= 11 is 6.70. The fourth-order valence-corrected chi connectivity index (χ4v) is 3.31. The molecule has 1 aliphatic rings. The Bertz CT molecular complexity index is 1110. The Hall–Kier alpha value is -2.99. The number of amides is 1. The van der Waals surface area contributed by atoms with Crippen molar-refractivity contribution in [3.63, 3.8) is 0 Å². The average Bonchev–Trinajstić information content (AvgIpc) is 3.22. The highest BCUT2D eigenvalue weighted by Gasteiger charge is 2.32. The molecular weight excluding hydrogens is 461 g/mol. The van der Waals surface area contributed by atoms with E-state index in [0.29, 0.717) is 23.8 Å². The number of anilines is 1. The van der Waals surface area contributed by atoms with E-state index in [2.05, 4.69) is 20.5 Å². The zero-order valence-corrected chi connectivity index (χ0v) is 16.9. The molecule has 0 unspecified atom stereocenters. The second-order valence-corrected chi connectivity index (χ2v) is 7.49. The van der Waals surface area contributed by atoms with Crippen molar-refractivity contribution in [1.82, 2.24) is 15.2 Å². The Morgan fingerprint density at radius 1 is 1.26 bits per heavy atom. The van der Waals surface area contributed by atoms with Gasteiger partial charge in [0.1, 0.15) is 6.61 Å². The van der Waals surface area contributed by atoms with Crippen LogP contribution in [0.3, 0.4) is 0 Å². The van der Waals surface area contributed by atoms with Crippen LogP contribution in [0.4, 0.5) is 19.0 Å². The minimum Gasteiger partial charge on any atom is -0.485 e. The fraction of sp³-hybridized carbons (Fsp3) is 0.222. The number of fused-ring (bicyclic) bond motifs is 1. The Balaban J connectivity index is 1.32. The summed E-state index contributed by atoms with van der Waals surface area (Å²) in [6.45, 7) is 0.182. The first-order valence-corrected chi connectivity index (χ1v) is 10.0. The molecule has 13 heteroatoms. The number of carbonyl (C=O) groups is 1. The van der Waals surface area contributed by atoms with Crippen LogP contribution in [0.1, 0.15) is 17.6 Å². The molecule has 1 aromatic carbocycles. The average molecular weight is 473 g/mol. The first kappa shape index (κ1) is 21.2. The van der Waals surface area contributed by atoms with Gasteiger partial charge in [-0.2, -0.15) is 13.2 Å². The van der Waals surface area contributed by atoms with Gasteiger partial charge in [0.05, 0.1) is 16.3 Å². The van der Waals surface area contributed by atoms with E-state index in [-0.39, 0.29) is 34.3 Å². The number of carbonyl (C=O) groups excluding carboxylic acids is 1. The van der Waals surface area contributed by atoms with E-state index in [1.54, 1.807) is 18.2 Å². The predicted octanol–water partition coefficient (Wildman–Crippen LogP) is 4.38. The molecule has 0 saturated carbocycles. The maximum absolute atomic E-state index is 12.7. The highest BCUT2D eigenvalue weighted by Crippen LogP contribution is 2.36. The molecule has 2 aromatic heterocycles. The molecule has 1 aliphatic heterocycles. The van der Waals surface area contributed by atoms with Crippen molar-refractivity contribution >= 4 is 35.1 Å². The van der Waals surface area contributed by atoms with E-state index in [9.17, 15) is 18.0 Å². The van der Waals surface area contributed by atoms with Crippen LogP contribution in [0.25, 0.3) is 0 Å². The highest BCUT2D eigenvalue weighted by atomic mass is 35.5. The van der Waals surface area contributed by atoms with E-state index in [1.807, 2.05) is 6.07 Å². The normalized spacial score (nSPS) is 15.5. The van der Waals surface area contributed by atoms with E-state index >= 15 is 0 Å². The molecule has 31 heavy (non-hydrogen) atoms. The van der Waals surface area contributed by atoms with Gasteiger partial charge in [-0.05, 0) is 18.2 Å². The van der Waals surface area contributed by atoms with Crippen LogP contribution < -0.4 is 14.8 Å². The maximum atomic E-state index is 12.7. The summed E-state index contributed by atoms with van der Waals surface area (Å²) in [7, 11) is 0. The van der Waals surface area contributed by atoms with Crippen molar-refractivity contribution in [3.8, 4) is 11.5 Å². The summed E-state index contributed by atoms with van der Waals surface area (Å²) < 4.78 is 54.8. The van der Waals surface area contributed by atoms with Crippen LogP contribution in [0.5, 0.6) is 11.5 Å². The summed E-state index contributed by atoms with van der Waals surface area (Å²) in [5.41, 5.74) is -1.01. The van der Waals surface area contributed by atoms with Crippen molar-refractivity contribution in [1.29, 1.82) is 0 Å². The monoisotopic (exact) mass is 472 g/mol. The summed E-state index contributed by atoms with van der Waals surface area (Å²) in [5, 5.41) is 9.87. The smallest absolute Gasteiger partial charge is 0.417 e. The molecule has 1 amide bonds. The molecule has 3 heterocycles. The first-order chi connectivity index (χ1) is 14.8. The third kappa shape index (κ3) is 5.02. The molecule has 0 fully saturated rings. The number of aromatic nitrogens is 3. The lowest BCUT2D eigenvalue weighted by Gasteiger charge is -2.23. The quantitative estimate of drug-likeness (QED) is 0.546. The van der Waals surface area contributed by atoms with Gasteiger partial charge in [-0.3, -0.25) is 4.79 Å². The topological polar surface area (TPSA) is 99.4 Å². The van der Waals surface area contributed by atoms with Gasteiger partial charge in [-0.25, -0.2) is 4.98 Å². The number of thioether (sulfide) groups is 1. The lowest BCUT2D eigenvalue weighted by Crippen LogP contribution is -2.21. The van der Waals surface area contributed by atoms with Gasteiger partial charge >= 0.3 is 6.18 Å². The molecule has 1 atom stereocenters. The summed E-state index contributed by atoms with van der Waals surface area (Å²) in [5.74, 6) is 0.435. The lowest BCUT2D eigenvalue weighted by molar-refractivity contribution is -0.137. The number of ether oxygens (including phenoxy) is 2. The van der Waals surface area contributed by atoms with Gasteiger partial charge in [0.25, 0.3) is 11.1 Å². The van der Waals surface area contributed by atoms with E-state index in [1.165, 1.54) is 0 Å². The van der Waals surface area contributed by atoms with Crippen LogP contribution in [-0.2, 0) is 11.0 Å². The second-order valence-electron chi connectivity index (χ2n) is 6.16. The molecule has 0 aliphatic carbocycles. The highest BCUT2D eigenvalue weighted by molar-refractivity contribution is 7.99. The van der Waals surface area contributed by atoms with Crippen molar-refractivity contribution < 1.29 is 31.9 Å². The Kier molecular flexibility index (Phi) is 5.92. The SMILES string of the molecule is O=C(CSc1nnc([C@H]2COc3ccccc3O2)o1)Nc1ncc(C(F)(F)F)cc1Cl. The predicted molar refractivity (Wildman–Crippen MR) is 103 cm³/mol. The molecule has 0 radical (unpaired) electrons. The zero-order valence-electron chi connectivity index (χ0n) is 15.4. The molecule has 3 aromatic rings. The van der Waals surface area contributed by atoms with Gasteiger partial charge in [0.15, 0.2) is 17.3 Å². The van der Waals surface area contributed by atoms with Crippen molar-refractivity contribution in [3.05, 3.63) is 53.0 Å². The van der Waals surface area contributed by atoms with E-state index in [0.717, 1.165) is 11.8 Å². The van der Waals surface area contributed by atoms with Gasteiger partial charge in [0, 0.05) is 6.20 Å². The number of hydrogen-bond acceptors (Lipinski definition) is 8. The van der Waals surface area contributed by atoms with Crippen LogP contribution in [0, 0.1) is 0 Å². The fourth-order valence-electron chi connectivity index (χ4n) is 2.53. The maximum Gasteiger partial charge on any atom is 0.417 e. The van der Waals surface area contributed by atoms with Crippen LogP contribution in [-0.4, -0.2) is 33.4 Å². The number of hydrogen-bond donors (Lipinski definition) is 1. The van der Waals surface area contributed by atoms with Crippen molar-refractivity contribution in [2.24, 2.45) is 0 Å². The molecule has 0 spiro atoms. The molecular formula is C18H12ClF3N4O4S. The zero-order chi connectivity index (χ0) is 22.0. The number of para-hydroxylation sites is 2. The molecule has 162 valence electrons.